The van der Waals surface area contributed by atoms with Crippen LogP contribution < -0.4 is 9.62 Å². The summed E-state index contributed by atoms with van der Waals surface area (Å²) >= 11 is 0. The summed E-state index contributed by atoms with van der Waals surface area (Å²) in [7, 11) is -4.14. The van der Waals surface area contributed by atoms with E-state index in [0.29, 0.717) is 15.9 Å². The van der Waals surface area contributed by atoms with Gasteiger partial charge in [-0.3, -0.25) is 13.9 Å². The molecule has 1 atom stereocenters. The molecule has 0 unspecified atom stereocenters. The highest BCUT2D eigenvalue weighted by Gasteiger charge is 2.33. The predicted octanol–water partition coefficient (Wildman–Crippen LogP) is 3.72. The minimum absolute atomic E-state index is 0.00733. The monoisotopic (exact) mass is 513 g/mol. The SMILES string of the molecule is Cc1cccc(CN(C(=O)CN(c2cccc(C(F)(F)F)c2)S(C)(=O)=O)[C@@H](C)C(=O)NC(C)C)c1. The van der Waals surface area contributed by atoms with Gasteiger partial charge in [0.25, 0.3) is 0 Å². The molecule has 0 aliphatic rings. The number of nitrogens with zero attached hydrogens (tertiary/aromatic N) is 2. The molecule has 7 nitrogen and oxygen atoms in total. The highest BCUT2D eigenvalue weighted by Crippen LogP contribution is 2.32. The van der Waals surface area contributed by atoms with Crippen molar-refractivity contribution in [3.8, 4) is 0 Å². The van der Waals surface area contributed by atoms with Gasteiger partial charge in [-0.05, 0) is 51.5 Å². The smallest absolute Gasteiger partial charge is 0.352 e. The number of halogens is 3. The van der Waals surface area contributed by atoms with E-state index in [1.165, 1.54) is 17.9 Å². The van der Waals surface area contributed by atoms with Crippen LogP contribution in [0, 0.1) is 6.92 Å². The average molecular weight is 514 g/mol. The highest BCUT2D eigenvalue weighted by molar-refractivity contribution is 7.92. The van der Waals surface area contributed by atoms with Crippen LogP contribution >= 0.6 is 0 Å². The van der Waals surface area contributed by atoms with Crippen molar-refractivity contribution in [2.75, 3.05) is 17.1 Å². The van der Waals surface area contributed by atoms with Gasteiger partial charge in [-0.25, -0.2) is 8.42 Å². The summed E-state index contributed by atoms with van der Waals surface area (Å²) in [6, 6.07) is 9.83. The number of alkyl halides is 3. The maximum absolute atomic E-state index is 13.4. The Morgan fingerprint density at radius 3 is 2.20 bits per heavy atom. The number of hydrogen-bond donors (Lipinski definition) is 1. The second kappa shape index (κ2) is 11.1. The Kier molecular flexibility index (Phi) is 8.94. The minimum atomic E-state index is -4.69. The summed E-state index contributed by atoms with van der Waals surface area (Å²) in [5.41, 5.74) is 0.297. The van der Waals surface area contributed by atoms with Gasteiger partial charge in [0.05, 0.1) is 17.5 Å². The van der Waals surface area contributed by atoms with Crippen LogP contribution in [0.5, 0.6) is 0 Å². The fraction of sp³-hybridized carbons (Fsp3) is 0.417. The van der Waals surface area contributed by atoms with Crippen LogP contribution in [0.25, 0.3) is 0 Å². The molecule has 0 bridgehead atoms. The number of nitrogens with one attached hydrogen (secondary N) is 1. The number of carbonyl (C=O) groups is 2. The number of rotatable bonds is 9. The maximum atomic E-state index is 13.4. The molecule has 0 aliphatic heterocycles. The molecule has 0 fully saturated rings. The molecule has 2 rings (SSSR count). The Balaban J connectivity index is 2.45. The van der Waals surface area contributed by atoms with E-state index in [1.807, 2.05) is 19.1 Å². The molecule has 192 valence electrons. The Morgan fingerprint density at radius 2 is 1.66 bits per heavy atom. The lowest BCUT2D eigenvalue weighted by atomic mass is 10.1. The van der Waals surface area contributed by atoms with E-state index >= 15 is 0 Å². The molecule has 0 saturated heterocycles. The first kappa shape index (κ1) is 28.2. The lowest BCUT2D eigenvalue weighted by Gasteiger charge is -2.32. The highest BCUT2D eigenvalue weighted by atomic mass is 32.2. The maximum Gasteiger partial charge on any atom is 0.416 e. The second-order valence-electron chi connectivity index (χ2n) is 8.67. The Labute approximate surface area is 204 Å². The molecular weight excluding hydrogens is 483 g/mol. The second-order valence-corrected chi connectivity index (χ2v) is 10.6. The zero-order chi connectivity index (χ0) is 26.6. The van der Waals surface area contributed by atoms with Crippen molar-refractivity contribution in [3.63, 3.8) is 0 Å². The van der Waals surface area contributed by atoms with Crippen molar-refractivity contribution in [1.82, 2.24) is 10.2 Å². The molecule has 0 spiro atoms. The van der Waals surface area contributed by atoms with Gasteiger partial charge in [-0.2, -0.15) is 13.2 Å². The van der Waals surface area contributed by atoms with Crippen molar-refractivity contribution in [3.05, 3.63) is 65.2 Å². The topological polar surface area (TPSA) is 86.8 Å². The third kappa shape index (κ3) is 7.98. The largest absolute Gasteiger partial charge is 0.416 e. The van der Waals surface area contributed by atoms with E-state index < -0.39 is 46.2 Å². The predicted molar refractivity (Wildman–Crippen MR) is 128 cm³/mol. The van der Waals surface area contributed by atoms with Crippen molar-refractivity contribution in [2.45, 2.75) is 52.5 Å². The fourth-order valence-corrected chi connectivity index (χ4v) is 4.29. The first-order valence-corrected chi connectivity index (χ1v) is 12.7. The van der Waals surface area contributed by atoms with E-state index in [1.54, 1.807) is 26.0 Å². The van der Waals surface area contributed by atoms with Crippen molar-refractivity contribution >= 4 is 27.5 Å². The zero-order valence-electron chi connectivity index (χ0n) is 20.3. The van der Waals surface area contributed by atoms with Gasteiger partial charge in [0.15, 0.2) is 0 Å². The summed E-state index contributed by atoms with van der Waals surface area (Å²) < 4.78 is 65.2. The number of sulfonamides is 1. The molecule has 2 aromatic rings. The van der Waals surface area contributed by atoms with Crippen LogP contribution in [0.2, 0.25) is 0 Å². The van der Waals surface area contributed by atoms with Crippen LogP contribution in [-0.4, -0.2) is 50.0 Å². The summed E-state index contributed by atoms with van der Waals surface area (Å²) in [4.78, 5) is 27.3. The zero-order valence-corrected chi connectivity index (χ0v) is 21.1. The van der Waals surface area contributed by atoms with E-state index in [-0.39, 0.29) is 18.3 Å². The molecule has 1 N–H and O–H groups in total. The molecule has 0 aliphatic carbocycles. The van der Waals surface area contributed by atoms with Gasteiger partial charge >= 0.3 is 6.18 Å². The number of carbonyl (C=O) groups excluding carboxylic acids is 2. The lowest BCUT2D eigenvalue weighted by Crippen LogP contribution is -2.52. The van der Waals surface area contributed by atoms with Crippen LogP contribution in [0.1, 0.15) is 37.5 Å². The number of hydrogen-bond acceptors (Lipinski definition) is 4. The molecule has 35 heavy (non-hydrogen) atoms. The third-order valence-electron chi connectivity index (χ3n) is 5.17. The molecule has 0 saturated carbocycles. The van der Waals surface area contributed by atoms with E-state index in [9.17, 15) is 31.2 Å². The third-order valence-corrected chi connectivity index (χ3v) is 6.31. The molecule has 0 radical (unpaired) electrons. The summed E-state index contributed by atoms with van der Waals surface area (Å²) in [5.74, 6) is -1.17. The molecule has 0 heterocycles. The van der Waals surface area contributed by atoms with Gasteiger partial charge in [0.2, 0.25) is 21.8 Å². The number of anilines is 1. The number of aryl methyl sites for hydroxylation is 1. The van der Waals surface area contributed by atoms with E-state index in [0.717, 1.165) is 24.0 Å². The summed E-state index contributed by atoms with van der Waals surface area (Å²) in [5, 5.41) is 2.72. The summed E-state index contributed by atoms with van der Waals surface area (Å²) in [6.07, 6.45) is -3.88. The molecule has 0 aromatic heterocycles. The molecule has 2 amide bonds. The number of benzene rings is 2. The van der Waals surface area contributed by atoms with E-state index in [4.69, 9.17) is 0 Å². The standard InChI is InChI=1S/C24H30F3N3O4S/c1-16(2)28-23(32)18(4)29(14-19-9-6-8-17(3)12-19)22(31)15-30(35(5,33)34)21-11-7-10-20(13-21)24(25,26)27/h6-13,16,18H,14-15H2,1-5H3,(H,28,32)/t18-/m0/s1. The van der Waals surface area contributed by atoms with E-state index in [2.05, 4.69) is 5.32 Å². The number of amides is 2. The first-order chi connectivity index (χ1) is 16.1. The minimum Gasteiger partial charge on any atom is -0.352 e. The lowest BCUT2D eigenvalue weighted by molar-refractivity contribution is -0.139. The van der Waals surface area contributed by atoms with Crippen LogP contribution in [0.15, 0.2) is 48.5 Å². The van der Waals surface area contributed by atoms with Crippen LogP contribution in [0.3, 0.4) is 0 Å². The van der Waals surface area contributed by atoms with Crippen molar-refractivity contribution < 1.29 is 31.2 Å². The summed E-state index contributed by atoms with van der Waals surface area (Å²) in [6.45, 7) is 6.13. The van der Waals surface area contributed by atoms with Gasteiger partial charge in [0, 0.05) is 12.6 Å². The average Bonchev–Trinajstić information content (AvgIpc) is 2.73. The molecule has 2 aromatic carbocycles. The van der Waals surface area contributed by atoms with Gasteiger partial charge in [0.1, 0.15) is 12.6 Å². The molecule has 11 heteroatoms. The van der Waals surface area contributed by atoms with Crippen molar-refractivity contribution in [1.29, 1.82) is 0 Å². The first-order valence-electron chi connectivity index (χ1n) is 10.9. The molecular formula is C24H30F3N3O4S. The Hall–Kier alpha value is -3.08. The Bertz CT molecular complexity index is 1170. The van der Waals surface area contributed by atoms with Gasteiger partial charge in [-0.15, -0.1) is 0 Å². The van der Waals surface area contributed by atoms with Crippen LogP contribution in [-0.2, 0) is 32.3 Å². The quantitative estimate of drug-likeness (QED) is 0.554. The normalized spacial score (nSPS) is 12.8. The Morgan fingerprint density at radius 1 is 1.03 bits per heavy atom. The van der Waals surface area contributed by atoms with Crippen LogP contribution in [0.4, 0.5) is 18.9 Å². The van der Waals surface area contributed by atoms with Gasteiger partial charge in [-0.1, -0.05) is 35.9 Å². The van der Waals surface area contributed by atoms with Crippen molar-refractivity contribution in [2.24, 2.45) is 0 Å². The fourth-order valence-electron chi connectivity index (χ4n) is 3.45. The van der Waals surface area contributed by atoms with Gasteiger partial charge < -0.3 is 10.2 Å².